The molecule has 6 rings (SSSR count). The number of Topliss-reactive ketones (excluding diaryl/α,β-unsaturated/α-hetero) is 4. The van der Waals surface area contributed by atoms with E-state index in [9.17, 15) is 33.9 Å². The molecule has 0 saturated heterocycles. The molecule has 2 aliphatic heterocycles. The van der Waals surface area contributed by atoms with Gasteiger partial charge in [0.2, 0.25) is 23.1 Å². The van der Waals surface area contributed by atoms with Gasteiger partial charge in [0.1, 0.15) is 34.4 Å². The number of hydrogen-bond acceptors (Lipinski definition) is 11. The van der Waals surface area contributed by atoms with Gasteiger partial charge in [-0.1, -0.05) is 48.5 Å². The molecule has 2 atom stereocenters. The maximum atomic E-state index is 12.6. The van der Waals surface area contributed by atoms with E-state index in [1.807, 2.05) is 0 Å². The van der Waals surface area contributed by atoms with Crippen molar-refractivity contribution in [2.24, 2.45) is 0 Å². The molecule has 0 bridgehead atoms. The number of nitrogens with one attached hydrogen (secondary N) is 1. The standard InChI is InChI=1S/C23H27NO7.C15H14O4/c1-22(2,3)31-21(28)24-11-10-17(25)29-16-12-15-19(27)18(26)13-8-6-7-9-14(13)20(15)30-23(16,4)5;1-15(2)11(16)7-10-13(18)12(17)8-5-3-4-6-9(8)14(10)19-15/h6-9,16H,10-12H2,1-5H3,(H,24,28);3-6,11,16H,7H2,1-2H3. The van der Waals surface area contributed by atoms with Gasteiger partial charge in [0.15, 0.2) is 0 Å². The molecule has 12 nitrogen and oxygen atoms in total. The fraction of sp³-hybridized carbons (Fsp3) is 0.421. The maximum Gasteiger partial charge on any atom is 0.407 e. The van der Waals surface area contributed by atoms with Crippen molar-refractivity contribution in [2.75, 3.05) is 6.54 Å². The normalized spacial score (nSPS) is 21.6. The minimum Gasteiger partial charge on any atom is -0.484 e. The third kappa shape index (κ3) is 7.25. The first-order valence-electron chi connectivity index (χ1n) is 16.4. The fourth-order valence-corrected chi connectivity index (χ4v) is 5.92. The highest BCUT2D eigenvalue weighted by Gasteiger charge is 2.47. The Morgan fingerprint density at radius 1 is 0.760 bits per heavy atom. The number of amides is 1. The maximum absolute atomic E-state index is 12.6. The average Bonchev–Trinajstić information content (AvgIpc) is 3.03. The summed E-state index contributed by atoms with van der Waals surface area (Å²) in [6.07, 6.45) is -2.03. The number of esters is 1. The number of carbonyl (C=O) groups is 6. The summed E-state index contributed by atoms with van der Waals surface area (Å²) in [5.74, 6) is -2.08. The summed E-state index contributed by atoms with van der Waals surface area (Å²) >= 11 is 0. The second kappa shape index (κ2) is 13.3. The van der Waals surface area contributed by atoms with Crippen LogP contribution in [0.15, 0.2) is 59.7 Å². The van der Waals surface area contributed by atoms with E-state index in [2.05, 4.69) is 5.32 Å². The molecule has 0 radical (unpaired) electrons. The Kier molecular flexibility index (Phi) is 9.64. The van der Waals surface area contributed by atoms with Gasteiger partial charge < -0.3 is 29.4 Å². The van der Waals surface area contributed by atoms with Gasteiger partial charge in [0.05, 0.1) is 18.1 Å². The zero-order valence-electron chi connectivity index (χ0n) is 29.1. The molecule has 2 aromatic rings. The molecule has 50 heavy (non-hydrogen) atoms. The molecule has 0 aromatic heterocycles. The summed E-state index contributed by atoms with van der Waals surface area (Å²) < 4.78 is 22.5. The number of benzene rings is 2. The van der Waals surface area contributed by atoms with Crippen LogP contribution in [0.5, 0.6) is 0 Å². The highest BCUT2D eigenvalue weighted by molar-refractivity contribution is 6.53. The second-order valence-electron chi connectivity index (χ2n) is 14.5. The number of ether oxygens (including phenoxy) is 4. The molecule has 264 valence electrons. The van der Waals surface area contributed by atoms with Crippen LogP contribution in [0.4, 0.5) is 4.79 Å². The van der Waals surface area contributed by atoms with Crippen LogP contribution in [-0.2, 0) is 33.3 Å². The van der Waals surface area contributed by atoms with Gasteiger partial charge in [-0.3, -0.25) is 24.0 Å². The Labute approximate surface area is 289 Å². The van der Waals surface area contributed by atoms with Crippen molar-refractivity contribution in [1.82, 2.24) is 5.32 Å². The topological polar surface area (TPSA) is 172 Å². The number of carbonyl (C=O) groups excluding carboxylic acids is 6. The van der Waals surface area contributed by atoms with Crippen LogP contribution in [0.3, 0.4) is 0 Å². The average molecular weight is 688 g/mol. The van der Waals surface area contributed by atoms with E-state index < -0.39 is 64.2 Å². The van der Waals surface area contributed by atoms with Crippen LogP contribution in [-0.4, -0.2) is 75.9 Å². The summed E-state index contributed by atoms with van der Waals surface area (Å²) in [7, 11) is 0. The molecule has 2 N–H and O–H groups in total. The summed E-state index contributed by atoms with van der Waals surface area (Å²) in [4.78, 5) is 73.2. The molecular formula is C38H41NO11. The molecule has 0 saturated carbocycles. The minimum atomic E-state index is -0.916. The predicted molar refractivity (Wildman–Crippen MR) is 180 cm³/mol. The molecule has 0 fully saturated rings. The van der Waals surface area contributed by atoms with Crippen molar-refractivity contribution in [3.05, 3.63) is 81.9 Å². The number of fused-ring (bicyclic) bond motifs is 4. The Morgan fingerprint density at radius 2 is 1.22 bits per heavy atom. The van der Waals surface area contributed by atoms with Crippen LogP contribution in [0.1, 0.15) is 99.6 Å². The Bertz CT molecular complexity index is 1860. The SMILES string of the molecule is CC(C)(C)OC(=O)NCCC(=O)OC1CC2=C(OC1(C)C)c1ccccc1C(=O)C2=O.CC1(C)OC2=C(CC1O)C(=O)C(=O)c1ccccc12. The van der Waals surface area contributed by atoms with E-state index >= 15 is 0 Å². The second-order valence-corrected chi connectivity index (χ2v) is 14.5. The van der Waals surface area contributed by atoms with Gasteiger partial charge in [-0.05, 0) is 48.5 Å². The Balaban J connectivity index is 0.000000217. The summed E-state index contributed by atoms with van der Waals surface area (Å²) in [6.45, 7) is 12.3. The third-order valence-corrected chi connectivity index (χ3v) is 8.71. The van der Waals surface area contributed by atoms with Crippen LogP contribution in [0, 0.1) is 0 Å². The molecule has 0 spiro atoms. The lowest BCUT2D eigenvalue weighted by molar-refractivity contribution is -0.163. The summed E-state index contributed by atoms with van der Waals surface area (Å²) in [6, 6.07) is 13.7. The lowest BCUT2D eigenvalue weighted by Crippen LogP contribution is -2.47. The first-order valence-corrected chi connectivity index (χ1v) is 16.4. The van der Waals surface area contributed by atoms with E-state index in [1.54, 1.807) is 97.0 Å². The van der Waals surface area contributed by atoms with Crippen molar-refractivity contribution < 1.29 is 52.8 Å². The molecule has 2 unspecified atom stereocenters. The zero-order chi connectivity index (χ0) is 36.8. The number of aliphatic hydroxyl groups excluding tert-OH is 1. The number of ketones is 4. The molecule has 2 aromatic carbocycles. The van der Waals surface area contributed by atoms with Crippen molar-refractivity contribution in [3.8, 4) is 0 Å². The van der Waals surface area contributed by atoms with Crippen LogP contribution >= 0.6 is 0 Å². The van der Waals surface area contributed by atoms with Gasteiger partial charge >= 0.3 is 12.1 Å². The minimum absolute atomic E-state index is 0.0422. The predicted octanol–water partition coefficient (Wildman–Crippen LogP) is 4.91. The number of rotatable bonds is 4. The van der Waals surface area contributed by atoms with E-state index in [1.165, 1.54) is 0 Å². The highest BCUT2D eigenvalue weighted by Crippen LogP contribution is 2.43. The molecule has 4 aliphatic rings. The largest absolute Gasteiger partial charge is 0.484 e. The zero-order valence-corrected chi connectivity index (χ0v) is 29.1. The monoisotopic (exact) mass is 687 g/mol. The van der Waals surface area contributed by atoms with Gasteiger partial charge in [-0.15, -0.1) is 0 Å². The van der Waals surface area contributed by atoms with Gasteiger partial charge in [-0.2, -0.15) is 0 Å². The Morgan fingerprint density at radius 3 is 1.72 bits per heavy atom. The van der Waals surface area contributed by atoms with Gasteiger partial charge in [-0.25, -0.2) is 4.79 Å². The molecule has 1 amide bonds. The number of hydrogen-bond donors (Lipinski definition) is 2. The lowest BCUT2D eigenvalue weighted by Gasteiger charge is -2.41. The quantitative estimate of drug-likeness (QED) is 0.331. The lowest BCUT2D eigenvalue weighted by atomic mass is 9.81. The van der Waals surface area contributed by atoms with Crippen LogP contribution < -0.4 is 5.32 Å². The smallest absolute Gasteiger partial charge is 0.407 e. The highest BCUT2D eigenvalue weighted by atomic mass is 16.6. The molecular weight excluding hydrogens is 646 g/mol. The number of alkyl carbamates (subject to hydrolysis) is 1. The molecule has 2 aliphatic carbocycles. The first kappa shape index (κ1) is 36.2. The molecule has 2 heterocycles. The van der Waals surface area contributed by atoms with E-state index in [0.717, 1.165) is 0 Å². The van der Waals surface area contributed by atoms with Crippen LogP contribution in [0.2, 0.25) is 0 Å². The number of aliphatic hydroxyl groups is 1. The van der Waals surface area contributed by atoms with E-state index in [4.69, 9.17) is 18.9 Å². The van der Waals surface area contributed by atoms with E-state index in [0.29, 0.717) is 33.8 Å². The van der Waals surface area contributed by atoms with Crippen molar-refractivity contribution in [3.63, 3.8) is 0 Å². The van der Waals surface area contributed by atoms with Crippen molar-refractivity contribution >= 4 is 46.7 Å². The fourth-order valence-electron chi connectivity index (χ4n) is 5.92. The van der Waals surface area contributed by atoms with Crippen LogP contribution in [0.25, 0.3) is 11.5 Å². The third-order valence-electron chi connectivity index (χ3n) is 8.71. The van der Waals surface area contributed by atoms with Crippen molar-refractivity contribution in [2.45, 2.75) is 96.7 Å². The van der Waals surface area contributed by atoms with E-state index in [-0.39, 0.29) is 37.0 Å². The van der Waals surface area contributed by atoms with Crippen molar-refractivity contribution in [1.29, 1.82) is 0 Å². The summed E-state index contributed by atoms with van der Waals surface area (Å²) in [5, 5.41) is 12.5. The first-order chi connectivity index (χ1) is 23.3. The molecule has 12 heteroatoms. The van der Waals surface area contributed by atoms with Gasteiger partial charge in [0.25, 0.3) is 0 Å². The Hall–Kier alpha value is -5.10. The van der Waals surface area contributed by atoms with Gasteiger partial charge in [0, 0.05) is 47.2 Å². The summed E-state index contributed by atoms with van der Waals surface area (Å²) in [5.41, 5.74) is 0.0752.